The van der Waals surface area contributed by atoms with Gasteiger partial charge < -0.3 is 10.6 Å². The molecule has 1 saturated heterocycles. The number of hydrogen-bond acceptors (Lipinski definition) is 3. The van der Waals surface area contributed by atoms with Crippen LogP contribution in [-0.4, -0.2) is 23.4 Å². The summed E-state index contributed by atoms with van der Waals surface area (Å²) in [5.41, 5.74) is 4.79. The minimum Gasteiger partial charge on any atom is -0.384 e. The second-order valence-corrected chi connectivity index (χ2v) is 5.65. The normalized spacial score (nSPS) is 23.2. The van der Waals surface area contributed by atoms with Gasteiger partial charge in [-0.25, -0.2) is 4.98 Å². The molecule has 1 aromatic heterocycles. The molecule has 0 aromatic carbocycles. The first-order valence-electron chi connectivity index (χ1n) is 6.89. The van der Waals surface area contributed by atoms with Crippen LogP contribution in [-0.2, 0) is 6.18 Å². The molecule has 2 unspecified atom stereocenters. The van der Waals surface area contributed by atoms with E-state index in [4.69, 9.17) is 11.1 Å². The second kappa shape index (κ2) is 5.54. The highest BCUT2D eigenvalue weighted by Crippen LogP contribution is 2.33. The van der Waals surface area contributed by atoms with E-state index < -0.39 is 11.9 Å². The van der Waals surface area contributed by atoms with E-state index in [0.29, 0.717) is 12.5 Å². The molecular formula is C14H19F3N4. The fraction of sp³-hybridized carbons (Fsp3) is 0.571. The van der Waals surface area contributed by atoms with Gasteiger partial charge in [-0.2, -0.15) is 13.2 Å². The zero-order chi connectivity index (χ0) is 15.8. The molecule has 0 saturated carbocycles. The van der Waals surface area contributed by atoms with Crippen LogP contribution in [0.15, 0.2) is 12.1 Å². The van der Waals surface area contributed by atoms with Crippen molar-refractivity contribution in [1.29, 1.82) is 5.41 Å². The third-order valence-electron chi connectivity index (χ3n) is 3.87. The van der Waals surface area contributed by atoms with E-state index in [1.807, 2.05) is 11.8 Å². The molecule has 0 bridgehead atoms. The van der Waals surface area contributed by atoms with Gasteiger partial charge in [-0.15, -0.1) is 0 Å². The summed E-state index contributed by atoms with van der Waals surface area (Å²) < 4.78 is 38.6. The van der Waals surface area contributed by atoms with Crippen molar-refractivity contribution in [3.05, 3.63) is 23.4 Å². The molecular weight excluding hydrogens is 281 g/mol. The number of anilines is 1. The molecule has 1 fully saturated rings. The van der Waals surface area contributed by atoms with Crippen LogP contribution in [0.25, 0.3) is 0 Å². The van der Waals surface area contributed by atoms with Crippen molar-refractivity contribution in [2.75, 3.05) is 11.4 Å². The van der Waals surface area contributed by atoms with Crippen molar-refractivity contribution in [2.24, 2.45) is 11.7 Å². The van der Waals surface area contributed by atoms with Gasteiger partial charge >= 0.3 is 6.18 Å². The maximum Gasteiger partial charge on any atom is 0.433 e. The molecule has 2 atom stereocenters. The summed E-state index contributed by atoms with van der Waals surface area (Å²) in [7, 11) is 0. The number of hydrogen-bond donors (Lipinski definition) is 2. The van der Waals surface area contributed by atoms with Crippen LogP contribution in [0.4, 0.5) is 19.0 Å². The molecule has 116 valence electrons. The van der Waals surface area contributed by atoms with E-state index in [2.05, 4.69) is 11.9 Å². The largest absolute Gasteiger partial charge is 0.433 e. The molecule has 0 aliphatic carbocycles. The number of nitrogens with one attached hydrogen (secondary N) is 1. The van der Waals surface area contributed by atoms with Gasteiger partial charge in [-0.05, 0) is 37.8 Å². The Bertz CT molecular complexity index is 542. The van der Waals surface area contributed by atoms with E-state index >= 15 is 0 Å². The maximum absolute atomic E-state index is 12.9. The summed E-state index contributed by atoms with van der Waals surface area (Å²) in [6, 6.07) is 2.18. The van der Waals surface area contributed by atoms with Crippen molar-refractivity contribution < 1.29 is 13.2 Å². The van der Waals surface area contributed by atoms with Gasteiger partial charge in [0.1, 0.15) is 17.3 Å². The molecule has 21 heavy (non-hydrogen) atoms. The fourth-order valence-electron chi connectivity index (χ4n) is 2.76. The van der Waals surface area contributed by atoms with Crippen LogP contribution in [0.2, 0.25) is 0 Å². The Morgan fingerprint density at radius 3 is 2.57 bits per heavy atom. The van der Waals surface area contributed by atoms with Crippen LogP contribution in [0.5, 0.6) is 0 Å². The molecule has 0 amide bonds. The van der Waals surface area contributed by atoms with Crippen molar-refractivity contribution in [3.63, 3.8) is 0 Å². The molecule has 0 radical (unpaired) electrons. The fourth-order valence-corrected chi connectivity index (χ4v) is 2.76. The number of rotatable bonds is 2. The zero-order valence-electron chi connectivity index (χ0n) is 12.0. The van der Waals surface area contributed by atoms with Crippen LogP contribution < -0.4 is 10.6 Å². The number of nitrogens with two attached hydrogens (primary N) is 1. The molecule has 2 rings (SSSR count). The number of aromatic nitrogens is 1. The first-order chi connectivity index (χ1) is 9.70. The molecule has 1 aliphatic rings. The van der Waals surface area contributed by atoms with Crippen molar-refractivity contribution in [1.82, 2.24) is 4.98 Å². The predicted molar refractivity (Wildman–Crippen MR) is 75.5 cm³/mol. The third-order valence-corrected chi connectivity index (χ3v) is 3.87. The van der Waals surface area contributed by atoms with Gasteiger partial charge in [0, 0.05) is 12.6 Å². The smallest absolute Gasteiger partial charge is 0.384 e. The quantitative estimate of drug-likeness (QED) is 0.652. The average molecular weight is 300 g/mol. The number of alkyl halides is 3. The van der Waals surface area contributed by atoms with Crippen LogP contribution in [0, 0.1) is 11.3 Å². The van der Waals surface area contributed by atoms with Crippen molar-refractivity contribution in [2.45, 2.75) is 38.9 Å². The Labute approximate surface area is 121 Å². The van der Waals surface area contributed by atoms with Gasteiger partial charge in [0.25, 0.3) is 0 Å². The van der Waals surface area contributed by atoms with Crippen molar-refractivity contribution >= 4 is 11.7 Å². The average Bonchev–Trinajstić information content (AvgIpc) is 2.37. The Balaban J connectivity index is 2.46. The molecule has 2 heterocycles. The van der Waals surface area contributed by atoms with Gasteiger partial charge in [-0.3, -0.25) is 5.41 Å². The minimum atomic E-state index is -4.50. The highest BCUT2D eigenvalue weighted by atomic mass is 19.4. The number of halogens is 3. The van der Waals surface area contributed by atoms with Gasteiger partial charge in [-0.1, -0.05) is 6.92 Å². The Kier molecular flexibility index (Phi) is 4.11. The van der Waals surface area contributed by atoms with E-state index in [-0.39, 0.29) is 23.3 Å². The molecule has 3 N–H and O–H groups in total. The zero-order valence-corrected chi connectivity index (χ0v) is 12.0. The Morgan fingerprint density at radius 2 is 2.05 bits per heavy atom. The topological polar surface area (TPSA) is 66.0 Å². The highest BCUT2D eigenvalue weighted by Gasteiger charge is 2.35. The third kappa shape index (κ3) is 3.28. The highest BCUT2D eigenvalue weighted by molar-refractivity contribution is 5.99. The second-order valence-electron chi connectivity index (χ2n) is 5.65. The number of piperidine rings is 1. The Morgan fingerprint density at radius 1 is 1.38 bits per heavy atom. The van der Waals surface area contributed by atoms with Crippen molar-refractivity contribution in [3.8, 4) is 0 Å². The lowest BCUT2D eigenvalue weighted by atomic mass is 9.93. The van der Waals surface area contributed by atoms with Crippen LogP contribution in [0.1, 0.15) is 37.9 Å². The summed E-state index contributed by atoms with van der Waals surface area (Å²) in [4.78, 5) is 5.57. The first-order valence-corrected chi connectivity index (χ1v) is 6.89. The molecule has 4 nitrogen and oxygen atoms in total. The Hall–Kier alpha value is -1.79. The molecule has 1 aromatic rings. The van der Waals surface area contributed by atoms with Crippen LogP contribution >= 0.6 is 0 Å². The van der Waals surface area contributed by atoms with E-state index in [9.17, 15) is 13.2 Å². The summed E-state index contributed by atoms with van der Waals surface area (Å²) >= 11 is 0. The van der Waals surface area contributed by atoms with Crippen LogP contribution in [0.3, 0.4) is 0 Å². The van der Waals surface area contributed by atoms with E-state index in [1.54, 1.807) is 0 Å². The number of nitrogens with zero attached hydrogens (tertiary/aromatic N) is 2. The molecule has 7 heteroatoms. The summed E-state index contributed by atoms with van der Waals surface area (Å²) in [6.45, 7) is 4.71. The number of pyridine rings is 1. The van der Waals surface area contributed by atoms with Gasteiger partial charge in [0.05, 0.1) is 5.56 Å². The first kappa shape index (κ1) is 15.6. The lowest BCUT2D eigenvalue weighted by Gasteiger charge is -2.38. The maximum atomic E-state index is 12.9. The van der Waals surface area contributed by atoms with Gasteiger partial charge in [0.2, 0.25) is 0 Å². The monoisotopic (exact) mass is 300 g/mol. The number of amidine groups is 1. The number of nitrogen functional groups attached to an aromatic ring is 1. The molecule has 1 aliphatic heterocycles. The van der Waals surface area contributed by atoms with Gasteiger partial charge in [0.15, 0.2) is 0 Å². The summed E-state index contributed by atoms with van der Waals surface area (Å²) in [6.07, 6.45) is -2.73. The van der Waals surface area contributed by atoms with E-state index in [0.717, 1.165) is 18.9 Å². The summed E-state index contributed by atoms with van der Waals surface area (Å²) in [5.74, 6) is 0.427. The lowest BCUT2D eigenvalue weighted by Crippen LogP contribution is -2.42. The minimum absolute atomic E-state index is 0.0721. The SMILES string of the molecule is CC1CCN(c2nc(C(F)(F)F)ccc2C(=N)N)C(C)C1. The molecule has 0 spiro atoms. The summed E-state index contributed by atoms with van der Waals surface area (Å²) in [5, 5.41) is 7.56. The predicted octanol–water partition coefficient (Wildman–Crippen LogP) is 3.01. The lowest BCUT2D eigenvalue weighted by molar-refractivity contribution is -0.141. The standard InChI is InChI=1S/C14H19F3N4/c1-8-5-6-21(9(2)7-8)13-10(12(18)19)3-4-11(20-13)14(15,16)17/h3-4,8-9H,5-7H2,1-2H3,(H3,18,19). The van der Waals surface area contributed by atoms with E-state index in [1.165, 1.54) is 6.07 Å².